The van der Waals surface area contributed by atoms with E-state index in [0.29, 0.717) is 32.7 Å². The number of esters is 1. The van der Waals surface area contributed by atoms with Gasteiger partial charge in [-0.05, 0) is 29.8 Å². The summed E-state index contributed by atoms with van der Waals surface area (Å²) in [5.41, 5.74) is 1.73. The molecule has 0 aliphatic carbocycles. The predicted molar refractivity (Wildman–Crippen MR) is 146 cm³/mol. The van der Waals surface area contributed by atoms with Crippen LogP contribution >= 0.6 is 22.9 Å². The number of Topliss-reactive ketones (excluding diaryl/α,β-unsaturated/α-hetero) is 1. The molecule has 3 fully saturated rings. The Bertz CT molecular complexity index is 1350. The number of para-hydroxylation sites is 1. The van der Waals surface area contributed by atoms with Crippen molar-refractivity contribution in [2.24, 2.45) is 5.92 Å². The van der Waals surface area contributed by atoms with Gasteiger partial charge in [-0.3, -0.25) is 4.79 Å². The minimum atomic E-state index is -5.19. The summed E-state index contributed by atoms with van der Waals surface area (Å²) < 4.78 is 39.0. The molecule has 1 N–H and O–H groups in total. The highest BCUT2D eigenvalue weighted by molar-refractivity contribution is 7.18. The Morgan fingerprint density at radius 2 is 1.59 bits per heavy atom. The van der Waals surface area contributed by atoms with Crippen LogP contribution < -0.4 is 10.4 Å². The van der Waals surface area contributed by atoms with Crippen molar-refractivity contribution < 1.29 is 41.9 Å². The van der Waals surface area contributed by atoms with Crippen molar-refractivity contribution >= 4 is 46.3 Å². The van der Waals surface area contributed by atoms with Crippen LogP contribution in [0.4, 0.5) is 18.9 Å². The molecule has 0 saturated carbocycles. The molecule has 218 valence electrons. The highest BCUT2D eigenvalue weighted by atomic mass is 35.5. The maximum absolute atomic E-state index is 13.5. The summed E-state index contributed by atoms with van der Waals surface area (Å²) in [6.45, 7) is 3.03. The molecule has 3 aliphatic heterocycles. The largest absolute Gasteiger partial charge is 0.542 e. The van der Waals surface area contributed by atoms with Crippen LogP contribution in [0.25, 0.3) is 0 Å². The number of thiophene rings is 1. The van der Waals surface area contributed by atoms with Gasteiger partial charge in [-0.15, -0.1) is 11.3 Å². The van der Waals surface area contributed by atoms with Crippen LogP contribution in [0.3, 0.4) is 0 Å². The molecule has 1 aromatic heterocycles. The lowest BCUT2D eigenvalue weighted by Crippen LogP contribution is -2.65. The fraction of sp³-hybridized carbons (Fsp3) is 0.345. The summed E-state index contributed by atoms with van der Waals surface area (Å²) in [6, 6.07) is 22.4. The van der Waals surface area contributed by atoms with E-state index in [9.17, 15) is 22.8 Å². The molecule has 4 heterocycles. The zero-order chi connectivity index (χ0) is 29.6. The SMILES string of the molecule is O=C(C[N+]12CCC(CC1)[C@@H](OC(=O)[C@H](Nc1ccccc1)c1ccccc1)C2)c1ccc(Cl)s1.O=C([O-])C(F)(F)F. The quantitative estimate of drug-likeness (QED) is 0.222. The molecule has 3 saturated heterocycles. The summed E-state index contributed by atoms with van der Waals surface area (Å²) in [6.07, 6.45) is -3.43. The molecule has 2 bridgehead atoms. The van der Waals surface area contributed by atoms with Gasteiger partial charge in [0.1, 0.15) is 19.1 Å². The Kier molecular flexibility index (Phi) is 9.72. The fourth-order valence-electron chi connectivity index (χ4n) is 5.27. The van der Waals surface area contributed by atoms with Gasteiger partial charge in [-0.1, -0.05) is 60.1 Å². The number of hydrogen-bond acceptors (Lipinski definition) is 7. The summed E-state index contributed by atoms with van der Waals surface area (Å²) in [5.74, 6) is -2.81. The summed E-state index contributed by atoms with van der Waals surface area (Å²) in [7, 11) is 0. The summed E-state index contributed by atoms with van der Waals surface area (Å²) in [5, 5.41) is 12.1. The second kappa shape index (κ2) is 13.1. The number of alkyl halides is 3. The number of ether oxygens (including phenoxy) is 1. The van der Waals surface area contributed by atoms with Gasteiger partial charge >= 0.3 is 12.1 Å². The second-order valence-corrected chi connectivity index (χ2v) is 11.8. The van der Waals surface area contributed by atoms with Crippen LogP contribution in [0.1, 0.15) is 34.1 Å². The number of aliphatic carboxylic acids is 1. The molecule has 3 aromatic rings. The average molecular weight is 609 g/mol. The number of nitrogens with zero attached hydrogens (tertiary/aromatic N) is 1. The lowest BCUT2D eigenvalue weighted by Gasteiger charge is -2.51. The van der Waals surface area contributed by atoms with Crippen molar-refractivity contribution in [1.82, 2.24) is 0 Å². The van der Waals surface area contributed by atoms with Crippen molar-refractivity contribution in [3.05, 3.63) is 87.6 Å². The average Bonchev–Trinajstić information content (AvgIpc) is 3.39. The topological polar surface area (TPSA) is 95.5 Å². The van der Waals surface area contributed by atoms with Crippen LogP contribution in [-0.2, 0) is 14.3 Å². The summed E-state index contributed by atoms with van der Waals surface area (Å²) >= 11 is 7.37. The van der Waals surface area contributed by atoms with Crippen LogP contribution in [0.15, 0.2) is 72.8 Å². The van der Waals surface area contributed by atoms with Crippen LogP contribution in [0.2, 0.25) is 4.34 Å². The number of quaternary nitrogens is 1. The van der Waals surface area contributed by atoms with E-state index in [0.717, 1.165) is 37.2 Å². The van der Waals surface area contributed by atoms with Gasteiger partial charge in [-0.2, -0.15) is 13.2 Å². The first kappa shape index (κ1) is 30.5. The Morgan fingerprint density at radius 1 is 1.00 bits per heavy atom. The maximum atomic E-state index is 13.5. The monoisotopic (exact) mass is 608 g/mol. The zero-order valence-electron chi connectivity index (χ0n) is 21.8. The van der Waals surface area contributed by atoms with Gasteiger partial charge in [0.05, 0.1) is 22.3 Å². The molecule has 7 nitrogen and oxygen atoms in total. The van der Waals surface area contributed by atoms with E-state index < -0.39 is 18.2 Å². The highest BCUT2D eigenvalue weighted by Crippen LogP contribution is 2.37. The van der Waals surface area contributed by atoms with Crippen molar-refractivity contribution in [3.63, 3.8) is 0 Å². The molecular formula is C29H28ClF3N2O5S. The number of carbonyl (C=O) groups excluding carboxylic acids is 3. The molecule has 0 radical (unpaired) electrons. The van der Waals surface area contributed by atoms with Gasteiger partial charge in [0.25, 0.3) is 0 Å². The standard InChI is InChI=1S/C27H28ClN2O3S.C2HF3O2/c28-25-12-11-24(34-25)22(31)17-30-15-13-19(14-16-30)23(18-30)33-27(32)26(20-7-3-1-4-8-20)29-21-9-5-2-6-10-21;3-2(4,5)1(6)7/h1-12,19,23,26,29H,13-18H2;(H,6,7)/q+1;/p-1/t19?,23-,26+,30?;/m0./s1. The van der Waals surface area contributed by atoms with E-state index in [1.54, 1.807) is 6.07 Å². The molecule has 12 heteroatoms. The number of carboxylic acid groups (broad SMARTS) is 1. The molecule has 2 aromatic carbocycles. The molecule has 0 amide bonds. The van der Waals surface area contributed by atoms with E-state index in [2.05, 4.69) is 5.32 Å². The van der Waals surface area contributed by atoms with Crippen molar-refractivity contribution in [2.45, 2.75) is 31.2 Å². The van der Waals surface area contributed by atoms with Gasteiger partial charge in [0.2, 0.25) is 5.78 Å². The number of piperidine rings is 3. The lowest BCUT2D eigenvalue weighted by molar-refractivity contribution is -0.938. The molecule has 41 heavy (non-hydrogen) atoms. The molecular weight excluding hydrogens is 581 g/mol. The first-order chi connectivity index (χ1) is 19.5. The molecule has 3 aliphatic rings. The smallest absolute Gasteiger partial charge is 0.430 e. The molecule has 2 atom stereocenters. The third-order valence-electron chi connectivity index (χ3n) is 7.32. The number of nitrogens with one attached hydrogen (secondary N) is 1. The lowest BCUT2D eigenvalue weighted by atomic mass is 9.83. The van der Waals surface area contributed by atoms with Gasteiger partial charge in [-0.25, -0.2) is 4.79 Å². The van der Waals surface area contributed by atoms with Crippen LogP contribution in [-0.4, -0.2) is 60.7 Å². The number of hydrogen-bond donors (Lipinski definition) is 1. The van der Waals surface area contributed by atoms with E-state index in [-0.39, 0.29) is 17.9 Å². The van der Waals surface area contributed by atoms with E-state index >= 15 is 0 Å². The van der Waals surface area contributed by atoms with Gasteiger partial charge < -0.3 is 24.4 Å². The molecule has 0 spiro atoms. The number of rotatable bonds is 8. The molecule has 0 unspecified atom stereocenters. The normalized spacial score (nSPS) is 22.1. The van der Waals surface area contributed by atoms with Gasteiger partial charge in [0, 0.05) is 24.4 Å². The maximum Gasteiger partial charge on any atom is 0.430 e. The number of ketones is 1. The predicted octanol–water partition coefficient (Wildman–Crippen LogP) is 4.89. The second-order valence-electron chi connectivity index (χ2n) is 10.1. The van der Waals surface area contributed by atoms with E-state index in [4.69, 9.17) is 26.2 Å². The molecule has 6 rings (SSSR count). The van der Waals surface area contributed by atoms with E-state index in [1.807, 2.05) is 66.7 Å². The third-order valence-corrected chi connectivity index (χ3v) is 8.59. The number of halogens is 4. The number of anilines is 1. The Balaban J connectivity index is 0.000000493. The van der Waals surface area contributed by atoms with Crippen LogP contribution in [0.5, 0.6) is 0 Å². The third kappa shape index (κ3) is 8.08. The Hall–Kier alpha value is -3.41. The minimum Gasteiger partial charge on any atom is -0.542 e. The number of carboxylic acids is 1. The van der Waals surface area contributed by atoms with Crippen molar-refractivity contribution in [2.75, 3.05) is 31.5 Å². The highest BCUT2D eigenvalue weighted by Gasteiger charge is 2.49. The number of carbonyl (C=O) groups is 3. The Morgan fingerprint density at radius 3 is 2.12 bits per heavy atom. The minimum absolute atomic E-state index is 0.121. The van der Waals surface area contributed by atoms with Gasteiger partial charge in [0.15, 0.2) is 12.1 Å². The van der Waals surface area contributed by atoms with E-state index in [1.165, 1.54) is 11.3 Å². The fourth-order valence-corrected chi connectivity index (χ4v) is 6.24. The summed E-state index contributed by atoms with van der Waals surface area (Å²) in [4.78, 5) is 35.9. The van der Waals surface area contributed by atoms with Crippen LogP contribution in [0, 0.1) is 5.92 Å². The van der Waals surface area contributed by atoms with Crippen molar-refractivity contribution in [1.29, 1.82) is 0 Å². The number of fused-ring (bicyclic) bond motifs is 3. The first-order valence-electron chi connectivity index (χ1n) is 12.9. The van der Waals surface area contributed by atoms with Crippen molar-refractivity contribution in [3.8, 4) is 0 Å². The number of benzene rings is 2. The zero-order valence-corrected chi connectivity index (χ0v) is 23.4. The Labute approximate surface area is 244 Å². The first-order valence-corrected chi connectivity index (χ1v) is 14.1.